The molecule has 2 aromatic heterocycles. The van der Waals surface area contributed by atoms with E-state index in [1.165, 1.54) is 12.5 Å². The van der Waals surface area contributed by atoms with E-state index in [0.29, 0.717) is 31.2 Å². The minimum atomic E-state index is -4.75. The van der Waals surface area contributed by atoms with Gasteiger partial charge in [0.05, 0.1) is 43.1 Å². The Balaban J connectivity index is 0.000000516. The maximum Gasteiger partial charge on any atom is 0.419 e. The first-order valence-electron chi connectivity index (χ1n) is 19.7. The second-order valence-electron chi connectivity index (χ2n) is 14.6. The Hall–Kier alpha value is -4.57. The van der Waals surface area contributed by atoms with E-state index in [4.69, 9.17) is 27.7 Å². The van der Waals surface area contributed by atoms with Crippen LogP contribution in [0.3, 0.4) is 0 Å². The molecular formula is C40H59F3N8O6S. The molecule has 322 valence electrons. The van der Waals surface area contributed by atoms with E-state index < -0.39 is 28.9 Å². The number of carbonyl (C=O) groups is 4. The largest absolute Gasteiger partial charge is 0.419 e. The number of rotatable bonds is 7. The van der Waals surface area contributed by atoms with Crippen LogP contribution in [0.4, 0.5) is 24.7 Å². The van der Waals surface area contributed by atoms with Crippen molar-refractivity contribution in [2.45, 2.75) is 129 Å². The van der Waals surface area contributed by atoms with Crippen molar-refractivity contribution in [1.29, 1.82) is 5.26 Å². The predicted molar refractivity (Wildman–Crippen MR) is 219 cm³/mol. The van der Waals surface area contributed by atoms with E-state index in [1.54, 1.807) is 32.2 Å². The molecule has 6 rings (SSSR count). The highest BCUT2D eigenvalue weighted by Gasteiger charge is 2.52. The number of aliphatic hydroxyl groups excluding tert-OH is 2. The molecule has 1 saturated carbocycles. The third kappa shape index (κ3) is 12.2. The Bertz CT molecular complexity index is 1810. The summed E-state index contributed by atoms with van der Waals surface area (Å²) in [5, 5.41) is 29.5. The third-order valence-corrected chi connectivity index (χ3v) is 10.7. The normalized spacial score (nSPS) is 21.0. The highest BCUT2D eigenvalue weighted by atomic mass is 32.1. The molecule has 0 bridgehead atoms. The molecule has 4 N–H and O–H groups in total. The zero-order valence-corrected chi connectivity index (χ0v) is 34.6. The summed E-state index contributed by atoms with van der Waals surface area (Å²) in [5.74, 6) is -0.948. The van der Waals surface area contributed by atoms with Crippen molar-refractivity contribution in [2.75, 3.05) is 36.5 Å². The Morgan fingerprint density at radius 1 is 1.05 bits per heavy atom. The number of nitrogens with one attached hydrogen (secondary N) is 2. The number of anilines is 2. The number of alkyl halides is 3. The summed E-state index contributed by atoms with van der Waals surface area (Å²) in [6.45, 7) is 10.7. The van der Waals surface area contributed by atoms with Gasteiger partial charge in [-0.1, -0.05) is 39.5 Å². The molecule has 4 fully saturated rings. The molecule has 2 atom stereocenters. The number of aromatic nitrogens is 2. The summed E-state index contributed by atoms with van der Waals surface area (Å²) < 4.78 is 39.8. The van der Waals surface area contributed by atoms with Crippen LogP contribution in [0, 0.1) is 11.3 Å². The van der Waals surface area contributed by atoms with Crippen molar-refractivity contribution in [1.82, 2.24) is 25.1 Å². The lowest BCUT2D eigenvalue weighted by atomic mass is 9.91. The second kappa shape index (κ2) is 22.0. The third-order valence-electron chi connectivity index (χ3n) is 10.3. The van der Waals surface area contributed by atoms with Gasteiger partial charge < -0.3 is 20.4 Å². The fourth-order valence-electron chi connectivity index (χ4n) is 7.37. The molecule has 4 amide bonds. The number of thiocarbonyl (C=S) groups is 1. The van der Waals surface area contributed by atoms with Gasteiger partial charge in [0.25, 0.3) is 5.91 Å². The van der Waals surface area contributed by atoms with Gasteiger partial charge in [0.2, 0.25) is 17.7 Å². The first-order chi connectivity index (χ1) is 27.5. The highest BCUT2D eigenvalue weighted by Crippen LogP contribution is 2.40. The number of hydrogen-bond donors (Lipinski definition) is 4. The van der Waals surface area contributed by atoms with Crippen LogP contribution in [0.15, 0.2) is 30.6 Å². The van der Waals surface area contributed by atoms with Crippen LogP contribution in [0.25, 0.3) is 0 Å². The van der Waals surface area contributed by atoms with Crippen molar-refractivity contribution < 1.29 is 45.4 Å². The number of piperidine rings is 2. The quantitative estimate of drug-likeness (QED) is 0.191. The summed E-state index contributed by atoms with van der Waals surface area (Å²) in [4.78, 5) is 61.5. The fourth-order valence-corrected chi connectivity index (χ4v) is 7.94. The Morgan fingerprint density at radius 3 is 2.29 bits per heavy atom. The van der Waals surface area contributed by atoms with Crippen LogP contribution in [-0.4, -0.2) is 103 Å². The maximum absolute atomic E-state index is 13.3. The number of pyridine rings is 2. The number of halogens is 3. The van der Waals surface area contributed by atoms with E-state index >= 15 is 0 Å². The van der Waals surface area contributed by atoms with Crippen molar-refractivity contribution in [3.05, 3.63) is 47.4 Å². The summed E-state index contributed by atoms with van der Waals surface area (Å²) in [6, 6.07) is 6.19. The zero-order chi connectivity index (χ0) is 43.2. The molecule has 1 unspecified atom stereocenters. The van der Waals surface area contributed by atoms with Crippen LogP contribution >= 0.6 is 12.2 Å². The van der Waals surface area contributed by atoms with E-state index in [0.717, 1.165) is 74.2 Å². The summed E-state index contributed by atoms with van der Waals surface area (Å²) in [6.07, 6.45) is 7.17. The molecule has 14 nitrogen and oxygen atoms in total. The van der Waals surface area contributed by atoms with Crippen LogP contribution in [0.1, 0.15) is 124 Å². The number of likely N-dealkylation sites (tertiary alicyclic amines) is 1. The Morgan fingerprint density at radius 2 is 1.71 bits per heavy atom. The van der Waals surface area contributed by atoms with Gasteiger partial charge in [-0.2, -0.15) is 18.4 Å². The number of carbonyl (C=O) groups excluding carboxylic acids is 4. The van der Waals surface area contributed by atoms with Gasteiger partial charge in [0.1, 0.15) is 17.4 Å². The molecule has 0 aromatic carbocycles. The molecule has 58 heavy (non-hydrogen) atoms. The lowest BCUT2D eigenvalue weighted by Crippen LogP contribution is -2.50. The van der Waals surface area contributed by atoms with Crippen molar-refractivity contribution in [3.8, 4) is 6.07 Å². The molecule has 18 heteroatoms. The first kappa shape index (κ1) is 47.8. The van der Waals surface area contributed by atoms with Gasteiger partial charge in [-0.05, 0) is 95.4 Å². The van der Waals surface area contributed by atoms with Crippen LogP contribution in [0.2, 0.25) is 0 Å². The predicted octanol–water partition coefficient (Wildman–Crippen LogP) is 5.92. The molecule has 0 radical (unpaired) electrons. The van der Waals surface area contributed by atoms with Crippen molar-refractivity contribution in [2.24, 2.45) is 0 Å². The molecule has 3 saturated heterocycles. The number of nitrogens with zero attached hydrogens (tertiary/aromatic N) is 6. The van der Waals surface area contributed by atoms with Crippen LogP contribution < -0.4 is 15.5 Å². The lowest BCUT2D eigenvalue weighted by Gasteiger charge is -2.39. The number of aliphatic hydroxyl groups is 2. The lowest BCUT2D eigenvalue weighted by molar-refractivity contribution is -0.138. The standard InChI is InChI=1S/C18H19F3N4OS.C18H24N4O3.C2H6O2.C2H6.2H2/c1-17(2)15(26)24(16(27)25(17)11-6-4-3-5-7-11)12-8-13(18(19,20)21)14(9-22)23-10-12;1-12-4-2-3-9-22(12)11-17(24)20-15-10-13(7-8-19-15)14-5-6-16(23)21-18(14)25;3-1-2-4;1-2;;/h8,10-11H,3-7H2,1-2H3;7-8,10,12,14H,2-6,9,11H2,1H3,(H,19,20,24)(H,21,23,25);3-4H,1-2H2;1-2H3;2*1H/t;12-,14?;;;;/m.0..../s1. The minimum Gasteiger partial charge on any atom is -0.394 e. The van der Waals surface area contributed by atoms with Crippen LogP contribution in [0.5, 0.6) is 0 Å². The SMILES string of the molecule is CC.CC1(C)C(=O)N(c2cnc(C#N)c(C(F)(F)F)c2)C(=S)N1C1CCCCC1.C[C@H]1CCCCN1CC(=O)Nc1cc(C2CCC(=O)NC2=O)ccn1.OCCO.[HH].[HH]. The van der Waals surface area contributed by atoms with Gasteiger partial charge in [0, 0.05) is 27.6 Å². The zero-order valence-electron chi connectivity index (χ0n) is 33.8. The maximum atomic E-state index is 13.3. The highest BCUT2D eigenvalue weighted by molar-refractivity contribution is 7.80. The molecule has 5 heterocycles. The Kier molecular flexibility index (Phi) is 18.1. The molecular weight excluding hydrogens is 778 g/mol. The molecule has 3 aliphatic heterocycles. The Labute approximate surface area is 346 Å². The summed E-state index contributed by atoms with van der Waals surface area (Å²) in [7, 11) is 0. The molecule has 4 aliphatic rings. The number of imide groups is 1. The smallest absolute Gasteiger partial charge is 0.394 e. The van der Waals surface area contributed by atoms with Gasteiger partial charge in [-0.3, -0.25) is 34.3 Å². The van der Waals surface area contributed by atoms with E-state index in [-0.39, 0.29) is 56.5 Å². The molecule has 0 spiro atoms. The topological polar surface area (TPSA) is 192 Å². The van der Waals surface area contributed by atoms with E-state index in [1.807, 2.05) is 18.7 Å². The monoisotopic (exact) mass is 836 g/mol. The average Bonchev–Trinajstić information content (AvgIpc) is 3.38. The number of hydrogen-bond acceptors (Lipinski definition) is 11. The second-order valence-corrected chi connectivity index (χ2v) is 15.0. The fraction of sp³-hybridized carbons (Fsp3) is 0.600. The first-order valence-corrected chi connectivity index (χ1v) is 20.1. The summed E-state index contributed by atoms with van der Waals surface area (Å²) in [5.41, 5.74) is -2.16. The van der Waals surface area contributed by atoms with Gasteiger partial charge >= 0.3 is 6.18 Å². The number of amides is 4. The summed E-state index contributed by atoms with van der Waals surface area (Å²) >= 11 is 5.51. The van der Waals surface area contributed by atoms with Crippen molar-refractivity contribution in [3.63, 3.8) is 0 Å². The van der Waals surface area contributed by atoms with E-state index in [2.05, 4.69) is 32.4 Å². The average molecular weight is 837 g/mol. The van der Waals surface area contributed by atoms with E-state index in [9.17, 15) is 32.3 Å². The van der Waals surface area contributed by atoms with Gasteiger partial charge in [0.15, 0.2) is 10.8 Å². The molecule has 2 aromatic rings. The van der Waals surface area contributed by atoms with Gasteiger partial charge in [-0.15, -0.1) is 0 Å². The van der Waals surface area contributed by atoms with Gasteiger partial charge in [-0.25, -0.2) is 9.97 Å². The van der Waals surface area contributed by atoms with Crippen molar-refractivity contribution >= 4 is 52.5 Å². The molecule has 1 aliphatic carbocycles. The number of nitriles is 1. The minimum absolute atomic E-state index is 0. The van der Waals surface area contributed by atoms with Crippen LogP contribution in [-0.2, 0) is 25.4 Å².